The second-order valence-electron chi connectivity index (χ2n) is 6.97. The number of rotatable bonds is 5. The average molecular weight is 452 g/mol. The molecular weight excluding hydrogens is 433 g/mol. The van der Waals surface area contributed by atoms with Gasteiger partial charge in [0.15, 0.2) is 0 Å². The zero-order valence-electron chi connectivity index (χ0n) is 15.4. The number of hydrogen-bond acceptors (Lipinski definition) is 4. The van der Waals surface area contributed by atoms with Crippen LogP contribution in [0.15, 0.2) is 47.4 Å². The van der Waals surface area contributed by atoms with Crippen LogP contribution in [0.25, 0.3) is 0 Å². The van der Waals surface area contributed by atoms with Gasteiger partial charge in [-0.1, -0.05) is 42.5 Å². The summed E-state index contributed by atoms with van der Waals surface area (Å²) in [6.45, 7) is 0. The Morgan fingerprint density at radius 2 is 1.69 bits per heavy atom. The number of benzene rings is 2. The Balaban J connectivity index is 1.74. The molecule has 0 saturated heterocycles. The van der Waals surface area contributed by atoms with Crippen LogP contribution < -0.4 is 10.0 Å². The van der Waals surface area contributed by atoms with E-state index in [9.17, 15) is 18.5 Å². The standard InChI is InChI=1S/C20H19Cl2N3O3S/c21-15-6-9-17(22)18(12-15)29(27,28)25-16-7-4-14(5-8-16)19(26)24-20(13-23)10-2-1-3-11-20/h4-9,12,25H,1-3,10-11H2,(H,24,26). The Hall–Kier alpha value is -2.27. The van der Waals surface area contributed by atoms with E-state index in [0.29, 0.717) is 18.4 Å². The summed E-state index contributed by atoms with van der Waals surface area (Å²) in [6.07, 6.45) is 4.13. The number of carbonyl (C=O) groups is 1. The summed E-state index contributed by atoms with van der Waals surface area (Å²) >= 11 is 11.8. The Bertz CT molecular complexity index is 1060. The number of nitrogens with one attached hydrogen (secondary N) is 2. The maximum atomic E-state index is 12.6. The molecule has 0 aliphatic heterocycles. The molecule has 0 unspecified atom stereocenters. The van der Waals surface area contributed by atoms with E-state index >= 15 is 0 Å². The van der Waals surface area contributed by atoms with E-state index in [2.05, 4.69) is 16.1 Å². The normalized spacial score (nSPS) is 15.9. The number of carbonyl (C=O) groups excluding carboxylic acids is 1. The van der Waals surface area contributed by atoms with Gasteiger partial charge in [0.1, 0.15) is 10.4 Å². The monoisotopic (exact) mass is 451 g/mol. The highest BCUT2D eigenvalue weighted by Crippen LogP contribution is 2.29. The molecule has 2 aromatic rings. The quantitative estimate of drug-likeness (QED) is 0.684. The van der Waals surface area contributed by atoms with E-state index in [1.54, 1.807) is 0 Å². The van der Waals surface area contributed by atoms with E-state index in [4.69, 9.17) is 23.2 Å². The molecule has 152 valence electrons. The summed E-state index contributed by atoms with van der Waals surface area (Å²) in [5.41, 5.74) is -0.224. The number of halogens is 2. The fraction of sp³-hybridized carbons (Fsp3) is 0.300. The highest BCUT2D eigenvalue weighted by molar-refractivity contribution is 7.92. The van der Waals surface area contributed by atoms with Crippen LogP contribution in [-0.4, -0.2) is 19.9 Å². The van der Waals surface area contributed by atoms with Gasteiger partial charge in [-0.15, -0.1) is 0 Å². The van der Waals surface area contributed by atoms with Crippen LogP contribution in [0, 0.1) is 11.3 Å². The lowest BCUT2D eigenvalue weighted by molar-refractivity contribution is 0.0902. The third-order valence-corrected chi connectivity index (χ3v) is 6.95. The fourth-order valence-electron chi connectivity index (χ4n) is 3.29. The lowest BCUT2D eigenvalue weighted by atomic mass is 9.82. The molecule has 2 aromatic carbocycles. The van der Waals surface area contributed by atoms with Crippen molar-refractivity contribution in [1.29, 1.82) is 5.26 Å². The number of nitrogens with zero attached hydrogens (tertiary/aromatic N) is 1. The molecule has 2 N–H and O–H groups in total. The van der Waals surface area contributed by atoms with Crippen LogP contribution >= 0.6 is 23.2 Å². The van der Waals surface area contributed by atoms with Crippen LogP contribution in [-0.2, 0) is 10.0 Å². The predicted octanol–water partition coefficient (Wildman–Crippen LogP) is 4.75. The summed E-state index contributed by atoms with van der Waals surface area (Å²) in [6, 6.07) is 12.4. The van der Waals surface area contributed by atoms with Gasteiger partial charge in [0, 0.05) is 16.3 Å². The highest BCUT2D eigenvalue weighted by atomic mass is 35.5. The Labute approximate surface area is 179 Å². The van der Waals surface area contributed by atoms with Crippen molar-refractivity contribution in [3.8, 4) is 6.07 Å². The molecule has 0 heterocycles. The van der Waals surface area contributed by atoms with Gasteiger partial charge in [0.2, 0.25) is 0 Å². The number of nitriles is 1. The Kier molecular flexibility index (Phi) is 6.37. The van der Waals surface area contributed by atoms with Crippen molar-refractivity contribution in [3.05, 3.63) is 58.1 Å². The molecule has 0 bridgehead atoms. The molecular formula is C20H19Cl2N3O3S. The van der Waals surface area contributed by atoms with Gasteiger partial charge in [-0.3, -0.25) is 9.52 Å². The summed E-state index contributed by atoms with van der Waals surface area (Å²) in [4.78, 5) is 12.4. The van der Waals surface area contributed by atoms with Crippen LogP contribution in [0.5, 0.6) is 0 Å². The van der Waals surface area contributed by atoms with Crippen molar-refractivity contribution in [3.63, 3.8) is 0 Å². The molecule has 0 atom stereocenters. The van der Waals surface area contributed by atoms with Gasteiger partial charge in [0.25, 0.3) is 15.9 Å². The second-order valence-corrected chi connectivity index (χ2v) is 9.46. The van der Waals surface area contributed by atoms with Crippen molar-refractivity contribution in [1.82, 2.24) is 5.32 Å². The van der Waals surface area contributed by atoms with E-state index in [1.165, 1.54) is 42.5 Å². The molecule has 0 spiro atoms. The van der Waals surface area contributed by atoms with Crippen LogP contribution in [0.3, 0.4) is 0 Å². The van der Waals surface area contributed by atoms with Crippen LogP contribution in [0.1, 0.15) is 42.5 Å². The molecule has 1 aliphatic carbocycles. The summed E-state index contributed by atoms with van der Waals surface area (Å²) in [5.74, 6) is -0.360. The zero-order chi connectivity index (χ0) is 21.1. The lowest BCUT2D eigenvalue weighted by Crippen LogP contribution is -2.48. The third-order valence-electron chi connectivity index (χ3n) is 4.86. The smallest absolute Gasteiger partial charge is 0.263 e. The maximum Gasteiger partial charge on any atom is 0.263 e. The van der Waals surface area contributed by atoms with E-state index in [-0.39, 0.29) is 26.5 Å². The molecule has 0 aromatic heterocycles. The minimum atomic E-state index is -3.95. The van der Waals surface area contributed by atoms with Gasteiger partial charge in [-0.25, -0.2) is 8.42 Å². The minimum absolute atomic E-state index is 0.0483. The van der Waals surface area contributed by atoms with E-state index in [0.717, 1.165) is 19.3 Å². The minimum Gasteiger partial charge on any atom is -0.334 e. The number of sulfonamides is 1. The number of anilines is 1. The molecule has 3 rings (SSSR count). The van der Waals surface area contributed by atoms with Gasteiger partial charge >= 0.3 is 0 Å². The molecule has 9 heteroatoms. The second kappa shape index (κ2) is 8.62. The summed E-state index contributed by atoms with van der Waals surface area (Å²) < 4.78 is 27.5. The first-order valence-corrected chi connectivity index (χ1v) is 11.3. The third kappa shape index (κ3) is 5.02. The van der Waals surface area contributed by atoms with Gasteiger partial charge in [-0.2, -0.15) is 5.26 Å². The first-order valence-electron chi connectivity index (χ1n) is 9.06. The first kappa shape index (κ1) is 21.4. The molecule has 1 fully saturated rings. The Morgan fingerprint density at radius 3 is 2.31 bits per heavy atom. The van der Waals surface area contributed by atoms with Gasteiger partial charge in [-0.05, 0) is 55.3 Å². The van der Waals surface area contributed by atoms with Crippen molar-refractivity contribution in [2.45, 2.75) is 42.5 Å². The summed E-state index contributed by atoms with van der Waals surface area (Å²) in [5, 5.41) is 12.6. The maximum absolute atomic E-state index is 12.6. The van der Waals surface area contributed by atoms with Crippen molar-refractivity contribution in [2.24, 2.45) is 0 Å². The number of amides is 1. The molecule has 6 nitrogen and oxygen atoms in total. The van der Waals surface area contributed by atoms with Crippen molar-refractivity contribution < 1.29 is 13.2 Å². The predicted molar refractivity (Wildman–Crippen MR) is 113 cm³/mol. The van der Waals surface area contributed by atoms with Crippen molar-refractivity contribution in [2.75, 3.05) is 4.72 Å². The largest absolute Gasteiger partial charge is 0.334 e. The van der Waals surface area contributed by atoms with Crippen LogP contribution in [0.4, 0.5) is 5.69 Å². The molecule has 1 amide bonds. The molecule has 29 heavy (non-hydrogen) atoms. The van der Waals surface area contributed by atoms with Crippen LogP contribution in [0.2, 0.25) is 10.0 Å². The highest BCUT2D eigenvalue weighted by Gasteiger charge is 2.33. The topological polar surface area (TPSA) is 99.1 Å². The van der Waals surface area contributed by atoms with E-state index < -0.39 is 15.6 Å². The van der Waals surface area contributed by atoms with Gasteiger partial charge in [0.05, 0.1) is 11.1 Å². The average Bonchev–Trinajstić information content (AvgIpc) is 2.70. The number of hydrogen-bond donors (Lipinski definition) is 2. The lowest BCUT2D eigenvalue weighted by Gasteiger charge is -2.31. The van der Waals surface area contributed by atoms with Gasteiger partial charge < -0.3 is 5.32 Å². The summed E-state index contributed by atoms with van der Waals surface area (Å²) in [7, 11) is -3.95. The zero-order valence-corrected chi connectivity index (χ0v) is 17.7. The molecule has 1 aliphatic rings. The van der Waals surface area contributed by atoms with E-state index in [1.807, 2.05) is 0 Å². The fourth-order valence-corrected chi connectivity index (χ4v) is 5.11. The molecule has 1 saturated carbocycles. The molecule has 0 radical (unpaired) electrons. The first-order chi connectivity index (χ1) is 13.7. The Morgan fingerprint density at radius 1 is 1.03 bits per heavy atom. The SMILES string of the molecule is N#CC1(NC(=O)c2ccc(NS(=O)(=O)c3cc(Cl)ccc3Cl)cc2)CCCCC1. The van der Waals surface area contributed by atoms with Crippen molar-refractivity contribution >= 4 is 44.8 Å².